The maximum absolute atomic E-state index is 5.76. The summed E-state index contributed by atoms with van der Waals surface area (Å²) in [5, 5.41) is 8.83. The number of nitrogen functional groups attached to an aromatic ring is 1. The molecule has 6 nitrogen and oxygen atoms in total. The van der Waals surface area contributed by atoms with Crippen LogP contribution in [0.4, 0.5) is 5.13 Å². The molecule has 4 rings (SSSR count). The average molecular weight is 364 g/mol. The number of hydrogen-bond donors (Lipinski definition) is 1. The molecule has 24 heavy (non-hydrogen) atoms. The van der Waals surface area contributed by atoms with Crippen LogP contribution in [0, 0.1) is 6.92 Å². The molecule has 1 aliphatic heterocycles. The van der Waals surface area contributed by atoms with Crippen LogP contribution in [0.1, 0.15) is 33.8 Å². The van der Waals surface area contributed by atoms with E-state index >= 15 is 0 Å². The SMILES string of the molecule is Cc1nnc(C2Cc3ccccc3CN2Cc2cnc(N)s2)o1.Cl. The summed E-state index contributed by atoms with van der Waals surface area (Å²) in [5.74, 6) is 1.27. The van der Waals surface area contributed by atoms with Crippen LogP contribution in [-0.2, 0) is 19.5 Å². The van der Waals surface area contributed by atoms with Gasteiger partial charge < -0.3 is 10.2 Å². The van der Waals surface area contributed by atoms with Gasteiger partial charge in [0.05, 0.1) is 6.04 Å². The standard InChI is InChI=1S/C16H17N5OS.ClH/c1-10-19-20-15(22-10)14-6-11-4-2-3-5-12(11)8-21(14)9-13-7-18-16(17)23-13;/h2-5,7,14H,6,8-9H2,1H3,(H2,17,18);1H. The third-order valence-corrected chi connectivity index (χ3v) is 4.91. The Hall–Kier alpha value is -1.96. The molecular formula is C16H18ClN5OS. The maximum Gasteiger partial charge on any atom is 0.233 e. The normalized spacial score (nSPS) is 17.3. The first-order valence-corrected chi connectivity index (χ1v) is 8.31. The molecule has 0 bridgehead atoms. The molecule has 0 saturated carbocycles. The number of halogens is 1. The number of thiazole rings is 1. The summed E-state index contributed by atoms with van der Waals surface area (Å²) in [7, 11) is 0. The molecule has 3 aromatic rings. The molecule has 1 atom stereocenters. The Morgan fingerprint density at radius 3 is 2.75 bits per heavy atom. The van der Waals surface area contributed by atoms with E-state index in [1.54, 1.807) is 0 Å². The smallest absolute Gasteiger partial charge is 0.233 e. The molecular weight excluding hydrogens is 346 g/mol. The van der Waals surface area contributed by atoms with Crippen LogP contribution < -0.4 is 5.73 Å². The van der Waals surface area contributed by atoms with Gasteiger partial charge in [-0.1, -0.05) is 24.3 Å². The van der Waals surface area contributed by atoms with Gasteiger partial charge in [-0.2, -0.15) is 0 Å². The van der Waals surface area contributed by atoms with Crippen LogP contribution in [0.5, 0.6) is 0 Å². The summed E-state index contributed by atoms with van der Waals surface area (Å²) in [6.07, 6.45) is 2.71. The average Bonchev–Trinajstić information content (AvgIpc) is 3.15. The first kappa shape index (κ1) is 16.9. The van der Waals surface area contributed by atoms with Crippen LogP contribution in [0.2, 0.25) is 0 Å². The Labute approximate surface area is 150 Å². The van der Waals surface area contributed by atoms with E-state index in [2.05, 4.69) is 44.3 Å². The zero-order valence-corrected chi connectivity index (χ0v) is 14.8. The van der Waals surface area contributed by atoms with Crippen molar-refractivity contribution in [2.75, 3.05) is 5.73 Å². The number of aromatic nitrogens is 3. The molecule has 8 heteroatoms. The largest absolute Gasteiger partial charge is 0.424 e. The molecule has 0 aliphatic carbocycles. The second-order valence-corrected chi connectivity index (χ2v) is 6.86. The van der Waals surface area contributed by atoms with E-state index in [0.29, 0.717) is 16.9 Å². The molecule has 2 aromatic heterocycles. The zero-order valence-electron chi connectivity index (χ0n) is 13.2. The van der Waals surface area contributed by atoms with E-state index in [4.69, 9.17) is 10.2 Å². The topological polar surface area (TPSA) is 81.1 Å². The van der Waals surface area contributed by atoms with Crippen molar-refractivity contribution in [2.45, 2.75) is 32.5 Å². The van der Waals surface area contributed by atoms with Crippen molar-refractivity contribution in [1.82, 2.24) is 20.1 Å². The van der Waals surface area contributed by atoms with E-state index in [-0.39, 0.29) is 18.4 Å². The van der Waals surface area contributed by atoms with Crippen LogP contribution >= 0.6 is 23.7 Å². The minimum absolute atomic E-state index is 0. The third-order valence-electron chi connectivity index (χ3n) is 4.10. The predicted molar refractivity (Wildman–Crippen MR) is 94.9 cm³/mol. The first-order valence-electron chi connectivity index (χ1n) is 7.50. The minimum Gasteiger partial charge on any atom is -0.424 e. The van der Waals surface area contributed by atoms with E-state index in [1.807, 2.05) is 13.1 Å². The number of fused-ring (bicyclic) bond motifs is 1. The number of aryl methyl sites for hydroxylation is 1. The summed E-state index contributed by atoms with van der Waals surface area (Å²) in [6.45, 7) is 3.44. The number of hydrogen-bond acceptors (Lipinski definition) is 7. The Balaban J connectivity index is 0.00000169. The number of nitrogens with zero attached hydrogens (tertiary/aromatic N) is 4. The van der Waals surface area contributed by atoms with Crippen LogP contribution in [-0.4, -0.2) is 20.1 Å². The summed E-state index contributed by atoms with van der Waals surface area (Å²) < 4.78 is 5.71. The first-order chi connectivity index (χ1) is 11.2. The van der Waals surface area contributed by atoms with Crippen molar-refractivity contribution < 1.29 is 4.42 Å². The van der Waals surface area contributed by atoms with Gasteiger partial charge in [0, 0.05) is 31.1 Å². The van der Waals surface area contributed by atoms with Gasteiger partial charge in [-0.3, -0.25) is 4.90 Å². The highest BCUT2D eigenvalue weighted by atomic mass is 35.5. The quantitative estimate of drug-likeness (QED) is 0.769. The van der Waals surface area contributed by atoms with Crippen molar-refractivity contribution in [2.24, 2.45) is 0 Å². The minimum atomic E-state index is 0. The second kappa shape index (κ2) is 6.88. The van der Waals surface area contributed by atoms with Crippen molar-refractivity contribution in [1.29, 1.82) is 0 Å². The number of benzene rings is 1. The lowest BCUT2D eigenvalue weighted by Gasteiger charge is -2.34. The van der Waals surface area contributed by atoms with Gasteiger partial charge in [0.1, 0.15) is 0 Å². The highest BCUT2D eigenvalue weighted by Crippen LogP contribution is 2.34. The summed E-state index contributed by atoms with van der Waals surface area (Å²) >= 11 is 1.52. The molecule has 0 saturated heterocycles. The van der Waals surface area contributed by atoms with Crippen LogP contribution in [0.25, 0.3) is 0 Å². The van der Waals surface area contributed by atoms with E-state index < -0.39 is 0 Å². The summed E-state index contributed by atoms with van der Waals surface area (Å²) in [4.78, 5) is 7.64. The third kappa shape index (κ3) is 3.28. The fourth-order valence-corrected chi connectivity index (χ4v) is 3.74. The van der Waals surface area contributed by atoms with E-state index in [1.165, 1.54) is 22.5 Å². The van der Waals surface area contributed by atoms with E-state index in [0.717, 1.165) is 24.4 Å². The molecule has 1 aromatic carbocycles. The van der Waals surface area contributed by atoms with Crippen molar-refractivity contribution >= 4 is 28.9 Å². The van der Waals surface area contributed by atoms with Gasteiger partial charge in [0.2, 0.25) is 11.8 Å². The highest BCUT2D eigenvalue weighted by molar-refractivity contribution is 7.15. The predicted octanol–water partition coefficient (Wildman–Crippen LogP) is 3.14. The van der Waals surface area contributed by atoms with Crippen molar-refractivity contribution in [3.8, 4) is 0 Å². The molecule has 0 spiro atoms. The Morgan fingerprint density at radius 2 is 2.08 bits per heavy atom. The van der Waals surface area contributed by atoms with Gasteiger partial charge in [-0.25, -0.2) is 4.98 Å². The van der Waals surface area contributed by atoms with Crippen LogP contribution in [0.15, 0.2) is 34.9 Å². The van der Waals surface area contributed by atoms with Gasteiger partial charge in [0.25, 0.3) is 0 Å². The Morgan fingerprint density at radius 1 is 1.29 bits per heavy atom. The number of nitrogens with two attached hydrogens (primary N) is 1. The Bertz CT molecular complexity index is 833. The lowest BCUT2D eigenvalue weighted by molar-refractivity contribution is 0.138. The van der Waals surface area contributed by atoms with Gasteiger partial charge in [-0.05, 0) is 17.5 Å². The second-order valence-electron chi connectivity index (χ2n) is 5.72. The zero-order chi connectivity index (χ0) is 15.8. The number of anilines is 1. The van der Waals surface area contributed by atoms with Crippen LogP contribution in [0.3, 0.4) is 0 Å². The van der Waals surface area contributed by atoms with Gasteiger partial charge in [0.15, 0.2) is 5.13 Å². The van der Waals surface area contributed by atoms with Crippen molar-refractivity contribution in [3.63, 3.8) is 0 Å². The molecule has 1 aliphatic rings. The molecule has 3 heterocycles. The lowest BCUT2D eigenvalue weighted by atomic mass is 9.94. The molecule has 0 amide bonds. The molecule has 0 fully saturated rings. The summed E-state index contributed by atoms with van der Waals surface area (Å²) in [5.41, 5.74) is 8.44. The molecule has 2 N–H and O–H groups in total. The summed E-state index contributed by atoms with van der Waals surface area (Å²) in [6, 6.07) is 8.59. The molecule has 126 valence electrons. The Kier molecular flexibility index (Phi) is 4.84. The van der Waals surface area contributed by atoms with Gasteiger partial charge >= 0.3 is 0 Å². The van der Waals surface area contributed by atoms with Gasteiger partial charge in [-0.15, -0.1) is 33.9 Å². The lowest BCUT2D eigenvalue weighted by Crippen LogP contribution is -2.33. The molecule has 1 unspecified atom stereocenters. The monoisotopic (exact) mass is 363 g/mol. The number of rotatable bonds is 3. The fourth-order valence-electron chi connectivity index (χ4n) is 3.03. The van der Waals surface area contributed by atoms with E-state index in [9.17, 15) is 0 Å². The fraction of sp³-hybridized carbons (Fsp3) is 0.312. The molecule has 0 radical (unpaired) electrons. The maximum atomic E-state index is 5.76. The highest BCUT2D eigenvalue weighted by Gasteiger charge is 2.31. The van der Waals surface area contributed by atoms with Crippen molar-refractivity contribution in [3.05, 3.63) is 58.2 Å².